The molecule has 52 valence electrons. The fraction of sp³-hybridized carbons (Fsp3) is 0.714. The van der Waals surface area contributed by atoms with Gasteiger partial charge in [0.25, 0.3) is 0 Å². The second kappa shape index (κ2) is 2.99. The Morgan fingerprint density at radius 3 is 3.00 bits per heavy atom. The second-order valence-electron chi connectivity index (χ2n) is 2.59. The number of likely N-dealkylation sites (N-methyl/N-ethyl adjacent to an activating group) is 1. The Bertz CT molecular complexity index is 111. The minimum atomic E-state index is 0.279. The molecular weight excluding hydrogens is 114 g/mol. The van der Waals surface area contributed by atoms with E-state index in [0.29, 0.717) is 5.92 Å². The molecule has 2 nitrogen and oxygen atoms in total. The Morgan fingerprint density at radius 2 is 2.56 bits per heavy atom. The molecule has 0 amide bonds. The molecule has 0 saturated carbocycles. The predicted octanol–water partition coefficient (Wildman–Crippen LogP) is 0.0965. The van der Waals surface area contributed by atoms with Gasteiger partial charge in [0.05, 0.1) is 6.61 Å². The summed E-state index contributed by atoms with van der Waals surface area (Å²) in [6.45, 7) is 2.30. The molecule has 2 heteroatoms. The number of hydrogen-bond donors (Lipinski definition) is 1. The Morgan fingerprint density at radius 1 is 1.78 bits per heavy atom. The van der Waals surface area contributed by atoms with E-state index < -0.39 is 0 Å². The molecule has 0 unspecified atom stereocenters. The van der Waals surface area contributed by atoms with Gasteiger partial charge in [-0.1, -0.05) is 12.2 Å². The smallest absolute Gasteiger partial charge is 0.0506 e. The summed E-state index contributed by atoms with van der Waals surface area (Å²) in [5.41, 5.74) is 0. The predicted molar refractivity (Wildman–Crippen MR) is 37.2 cm³/mol. The molecule has 1 atom stereocenters. The van der Waals surface area contributed by atoms with E-state index in [4.69, 9.17) is 5.11 Å². The van der Waals surface area contributed by atoms with Gasteiger partial charge in [0.15, 0.2) is 0 Å². The van der Waals surface area contributed by atoms with Crippen LogP contribution >= 0.6 is 0 Å². The molecule has 0 spiro atoms. The maximum absolute atomic E-state index is 8.73. The quantitative estimate of drug-likeness (QED) is 0.505. The molecule has 0 aromatic rings. The number of hydrogen-bond acceptors (Lipinski definition) is 2. The molecule has 0 radical (unpaired) electrons. The molecule has 0 aliphatic carbocycles. The average Bonchev–Trinajstić information content (AvgIpc) is 1.88. The zero-order valence-corrected chi connectivity index (χ0v) is 5.75. The van der Waals surface area contributed by atoms with E-state index >= 15 is 0 Å². The van der Waals surface area contributed by atoms with E-state index in [0.717, 1.165) is 13.1 Å². The summed E-state index contributed by atoms with van der Waals surface area (Å²) in [7, 11) is 2.06. The molecule has 0 saturated heterocycles. The molecule has 0 fully saturated rings. The Hall–Kier alpha value is -0.340. The number of rotatable bonds is 1. The van der Waals surface area contributed by atoms with Gasteiger partial charge in [-0.2, -0.15) is 0 Å². The Labute approximate surface area is 55.8 Å². The average molecular weight is 127 g/mol. The van der Waals surface area contributed by atoms with Gasteiger partial charge in [-0.3, -0.25) is 0 Å². The van der Waals surface area contributed by atoms with Crippen LogP contribution in [0.4, 0.5) is 0 Å². The van der Waals surface area contributed by atoms with E-state index in [1.807, 2.05) is 0 Å². The summed E-state index contributed by atoms with van der Waals surface area (Å²) >= 11 is 0. The summed E-state index contributed by atoms with van der Waals surface area (Å²) in [5.74, 6) is 0.365. The Kier molecular flexibility index (Phi) is 2.25. The maximum atomic E-state index is 8.73. The van der Waals surface area contributed by atoms with Crippen molar-refractivity contribution in [1.29, 1.82) is 0 Å². The van der Waals surface area contributed by atoms with E-state index in [1.54, 1.807) is 0 Å². The summed E-state index contributed by atoms with van der Waals surface area (Å²) in [6.07, 6.45) is 4.18. The van der Waals surface area contributed by atoms with Crippen LogP contribution in [-0.2, 0) is 0 Å². The van der Waals surface area contributed by atoms with Gasteiger partial charge in [0, 0.05) is 19.0 Å². The molecule has 0 aromatic carbocycles. The summed E-state index contributed by atoms with van der Waals surface area (Å²) in [4.78, 5) is 2.20. The lowest BCUT2D eigenvalue weighted by atomic mass is 10.1. The van der Waals surface area contributed by atoms with Gasteiger partial charge in [0.2, 0.25) is 0 Å². The van der Waals surface area contributed by atoms with Crippen molar-refractivity contribution in [3.8, 4) is 0 Å². The van der Waals surface area contributed by atoms with Crippen molar-refractivity contribution in [2.24, 2.45) is 5.92 Å². The van der Waals surface area contributed by atoms with E-state index in [-0.39, 0.29) is 6.61 Å². The van der Waals surface area contributed by atoms with Crippen LogP contribution in [0.2, 0.25) is 0 Å². The highest BCUT2D eigenvalue weighted by Crippen LogP contribution is 2.05. The molecule has 1 aliphatic rings. The lowest BCUT2D eigenvalue weighted by Crippen LogP contribution is -2.30. The third-order valence-corrected chi connectivity index (χ3v) is 1.61. The highest BCUT2D eigenvalue weighted by molar-refractivity contribution is 4.95. The van der Waals surface area contributed by atoms with Crippen molar-refractivity contribution in [3.05, 3.63) is 12.2 Å². The van der Waals surface area contributed by atoms with Crippen LogP contribution in [0.1, 0.15) is 0 Å². The number of aliphatic hydroxyl groups is 1. The maximum Gasteiger partial charge on any atom is 0.0506 e. The first-order valence-corrected chi connectivity index (χ1v) is 3.29. The first-order valence-electron chi connectivity index (χ1n) is 3.29. The van der Waals surface area contributed by atoms with Crippen molar-refractivity contribution in [3.63, 3.8) is 0 Å². The van der Waals surface area contributed by atoms with Gasteiger partial charge < -0.3 is 10.0 Å². The van der Waals surface area contributed by atoms with Crippen LogP contribution in [0, 0.1) is 5.92 Å². The van der Waals surface area contributed by atoms with Crippen molar-refractivity contribution in [2.75, 3.05) is 26.7 Å². The molecule has 0 bridgehead atoms. The second-order valence-corrected chi connectivity index (χ2v) is 2.59. The van der Waals surface area contributed by atoms with Crippen molar-refractivity contribution in [2.45, 2.75) is 0 Å². The van der Waals surface area contributed by atoms with Crippen LogP contribution in [-0.4, -0.2) is 36.8 Å². The first-order chi connectivity index (χ1) is 4.33. The van der Waals surface area contributed by atoms with Crippen LogP contribution in [0.3, 0.4) is 0 Å². The van der Waals surface area contributed by atoms with Crippen LogP contribution in [0.15, 0.2) is 12.2 Å². The monoisotopic (exact) mass is 127 g/mol. The minimum Gasteiger partial charge on any atom is -0.396 e. The zero-order valence-electron chi connectivity index (χ0n) is 5.75. The molecule has 1 N–H and O–H groups in total. The standard InChI is InChI=1S/C7H13NO/c1-8-4-2-3-7(5-8)6-9/h2-3,7,9H,4-6H2,1H3/t7-/m0/s1. The SMILES string of the molecule is CN1CC=C[C@H](CO)C1. The normalized spacial score (nSPS) is 28.9. The van der Waals surface area contributed by atoms with Crippen LogP contribution < -0.4 is 0 Å². The third kappa shape index (κ3) is 1.80. The van der Waals surface area contributed by atoms with Gasteiger partial charge in [-0.15, -0.1) is 0 Å². The summed E-state index contributed by atoms with van der Waals surface area (Å²) < 4.78 is 0. The summed E-state index contributed by atoms with van der Waals surface area (Å²) in [5, 5.41) is 8.73. The molecular formula is C7H13NO. The Balaban J connectivity index is 2.39. The molecule has 0 aromatic heterocycles. The van der Waals surface area contributed by atoms with E-state index in [9.17, 15) is 0 Å². The van der Waals surface area contributed by atoms with Gasteiger partial charge >= 0.3 is 0 Å². The summed E-state index contributed by atoms with van der Waals surface area (Å²) in [6, 6.07) is 0. The highest BCUT2D eigenvalue weighted by Gasteiger charge is 2.09. The minimum absolute atomic E-state index is 0.279. The van der Waals surface area contributed by atoms with Crippen molar-refractivity contribution >= 4 is 0 Å². The largest absolute Gasteiger partial charge is 0.396 e. The lowest BCUT2D eigenvalue weighted by molar-refractivity contribution is 0.205. The molecule has 1 aliphatic heterocycles. The van der Waals surface area contributed by atoms with Gasteiger partial charge in [-0.05, 0) is 7.05 Å². The van der Waals surface area contributed by atoms with Crippen molar-refractivity contribution < 1.29 is 5.11 Å². The number of aliphatic hydroxyl groups excluding tert-OH is 1. The first kappa shape index (κ1) is 6.78. The third-order valence-electron chi connectivity index (χ3n) is 1.61. The highest BCUT2D eigenvalue weighted by atomic mass is 16.3. The van der Waals surface area contributed by atoms with Gasteiger partial charge in [0.1, 0.15) is 0 Å². The number of nitrogens with zero attached hydrogens (tertiary/aromatic N) is 1. The van der Waals surface area contributed by atoms with Crippen LogP contribution in [0.25, 0.3) is 0 Å². The van der Waals surface area contributed by atoms with Gasteiger partial charge in [-0.25, -0.2) is 0 Å². The molecule has 1 rings (SSSR count). The fourth-order valence-corrected chi connectivity index (χ4v) is 1.09. The molecule has 9 heavy (non-hydrogen) atoms. The van der Waals surface area contributed by atoms with Crippen molar-refractivity contribution in [1.82, 2.24) is 4.90 Å². The fourth-order valence-electron chi connectivity index (χ4n) is 1.09. The lowest BCUT2D eigenvalue weighted by Gasteiger charge is -2.23. The van der Waals surface area contributed by atoms with Crippen LogP contribution in [0.5, 0.6) is 0 Å². The zero-order chi connectivity index (χ0) is 6.69. The topological polar surface area (TPSA) is 23.5 Å². The van der Waals surface area contributed by atoms with E-state index in [2.05, 4.69) is 24.1 Å². The van der Waals surface area contributed by atoms with E-state index in [1.165, 1.54) is 0 Å². The molecule has 1 heterocycles.